The van der Waals surface area contributed by atoms with Crippen LogP contribution < -0.4 is 10.0 Å². The Morgan fingerprint density at radius 3 is 2.89 bits per heavy atom. The third kappa shape index (κ3) is 3.34. The zero-order chi connectivity index (χ0) is 14.0. The lowest BCUT2D eigenvalue weighted by Gasteiger charge is -2.29. The Labute approximate surface area is 114 Å². The van der Waals surface area contributed by atoms with Crippen LogP contribution in [0.2, 0.25) is 0 Å². The van der Waals surface area contributed by atoms with Gasteiger partial charge in [-0.25, -0.2) is 18.1 Å². The van der Waals surface area contributed by atoms with Gasteiger partial charge in [0.25, 0.3) is 10.0 Å². The fourth-order valence-corrected chi connectivity index (χ4v) is 3.40. The van der Waals surface area contributed by atoms with Crippen molar-refractivity contribution < 1.29 is 8.42 Å². The van der Waals surface area contributed by atoms with Crippen molar-refractivity contribution in [3.63, 3.8) is 0 Å². The molecule has 0 radical (unpaired) electrons. The van der Waals surface area contributed by atoms with Gasteiger partial charge in [0.2, 0.25) is 0 Å². The summed E-state index contributed by atoms with van der Waals surface area (Å²) < 4.78 is 28.7. The van der Waals surface area contributed by atoms with Crippen LogP contribution in [0.15, 0.2) is 11.2 Å². The molecule has 2 heterocycles. The number of nitrogens with zero attached hydrogens (tertiary/aromatic N) is 2. The normalized spacial score (nSPS) is 24.6. The lowest BCUT2D eigenvalue weighted by Crippen LogP contribution is -2.42. The van der Waals surface area contributed by atoms with Crippen molar-refractivity contribution in [2.24, 2.45) is 18.9 Å². The molecular formula is C12H22N4O2S. The maximum absolute atomic E-state index is 12.1. The molecule has 1 aliphatic rings. The molecule has 19 heavy (non-hydrogen) atoms. The summed E-state index contributed by atoms with van der Waals surface area (Å²) >= 11 is 0. The molecule has 0 aliphatic carbocycles. The lowest BCUT2D eigenvalue weighted by molar-refractivity contribution is 0.275. The molecule has 0 spiro atoms. The van der Waals surface area contributed by atoms with Gasteiger partial charge in [-0.1, -0.05) is 6.92 Å². The molecule has 1 aliphatic heterocycles. The molecule has 7 heteroatoms. The SMILES string of the molecule is Cc1nc(S(=O)(=O)NCC2CNCCC2C)cn1C. The van der Waals surface area contributed by atoms with Crippen molar-refractivity contribution in [1.29, 1.82) is 0 Å². The predicted octanol–water partition coefficient (Wildman–Crippen LogP) is 0.252. The summed E-state index contributed by atoms with van der Waals surface area (Å²) in [5.41, 5.74) is 0. The van der Waals surface area contributed by atoms with Gasteiger partial charge in [0.1, 0.15) is 5.82 Å². The Hall–Kier alpha value is -0.920. The molecule has 2 rings (SSSR count). The molecule has 2 unspecified atom stereocenters. The van der Waals surface area contributed by atoms with Crippen molar-refractivity contribution in [2.75, 3.05) is 19.6 Å². The lowest BCUT2D eigenvalue weighted by atomic mass is 9.88. The number of imidazole rings is 1. The smallest absolute Gasteiger partial charge is 0.259 e. The van der Waals surface area contributed by atoms with E-state index in [1.165, 1.54) is 0 Å². The second-order valence-electron chi connectivity index (χ2n) is 5.32. The molecular weight excluding hydrogens is 264 g/mol. The zero-order valence-electron chi connectivity index (χ0n) is 11.7. The predicted molar refractivity (Wildman–Crippen MR) is 73.3 cm³/mol. The zero-order valence-corrected chi connectivity index (χ0v) is 12.5. The Kier molecular flexibility index (Phi) is 4.27. The van der Waals surface area contributed by atoms with Crippen LogP contribution >= 0.6 is 0 Å². The second-order valence-corrected chi connectivity index (χ2v) is 7.03. The van der Waals surface area contributed by atoms with E-state index in [1.807, 2.05) is 0 Å². The number of piperidine rings is 1. The number of sulfonamides is 1. The van der Waals surface area contributed by atoms with Gasteiger partial charge in [-0.3, -0.25) is 0 Å². The Morgan fingerprint density at radius 2 is 2.32 bits per heavy atom. The molecule has 0 saturated carbocycles. The van der Waals surface area contributed by atoms with Gasteiger partial charge in [-0.2, -0.15) is 0 Å². The van der Waals surface area contributed by atoms with Gasteiger partial charge in [0, 0.05) is 19.8 Å². The molecule has 1 aromatic rings. The molecule has 0 aromatic carbocycles. The van der Waals surface area contributed by atoms with E-state index in [2.05, 4.69) is 21.9 Å². The van der Waals surface area contributed by atoms with E-state index in [-0.39, 0.29) is 5.03 Å². The fraction of sp³-hybridized carbons (Fsp3) is 0.750. The highest BCUT2D eigenvalue weighted by atomic mass is 32.2. The summed E-state index contributed by atoms with van der Waals surface area (Å²) in [5, 5.41) is 3.40. The first-order valence-electron chi connectivity index (χ1n) is 6.60. The van der Waals surface area contributed by atoms with E-state index in [0.717, 1.165) is 19.5 Å². The summed E-state index contributed by atoms with van der Waals surface area (Å²) in [6.07, 6.45) is 2.63. The Bertz CT molecular complexity index is 518. The molecule has 2 atom stereocenters. The number of rotatable bonds is 4. The van der Waals surface area contributed by atoms with Gasteiger partial charge in [-0.05, 0) is 38.3 Å². The molecule has 0 amide bonds. The first kappa shape index (κ1) is 14.5. The molecule has 1 fully saturated rings. The molecule has 0 bridgehead atoms. The van der Waals surface area contributed by atoms with Gasteiger partial charge in [0.15, 0.2) is 5.03 Å². The molecule has 6 nitrogen and oxygen atoms in total. The van der Waals surface area contributed by atoms with Crippen LogP contribution in [0.1, 0.15) is 19.2 Å². The highest BCUT2D eigenvalue weighted by molar-refractivity contribution is 7.89. The van der Waals surface area contributed by atoms with Crippen molar-refractivity contribution in [3.8, 4) is 0 Å². The van der Waals surface area contributed by atoms with E-state index < -0.39 is 10.0 Å². The highest BCUT2D eigenvalue weighted by Gasteiger charge is 2.24. The van der Waals surface area contributed by atoms with Gasteiger partial charge in [0.05, 0.1) is 0 Å². The molecule has 2 N–H and O–H groups in total. The standard InChI is InChI=1S/C12H22N4O2S/c1-9-4-5-13-6-11(9)7-14-19(17,18)12-8-16(3)10(2)15-12/h8-9,11,13-14H,4-7H2,1-3H3. The third-order valence-electron chi connectivity index (χ3n) is 3.89. The summed E-state index contributed by atoms with van der Waals surface area (Å²) in [4.78, 5) is 4.06. The maximum Gasteiger partial charge on any atom is 0.259 e. The molecule has 108 valence electrons. The van der Waals surface area contributed by atoms with Gasteiger partial charge >= 0.3 is 0 Å². The van der Waals surface area contributed by atoms with Gasteiger partial charge in [-0.15, -0.1) is 0 Å². The van der Waals surface area contributed by atoms with E-state index in [0.29, 0.717) is 24.2 Å². The van der Waals surface area contributed by atoms with Crippen LogP contribution in [-0.2, 0) is 17.1 Å². The number of hydrogen-bond acceptors (Lipinski definition) is 4. The number of hydrogen-bond donors (Lipinski definition) is 2. The van der Waals surface area contributed by atoms with Crippen molar-refractivity contribution in [3.05, 3.63) is 12.0 Å². The number of aryl methyl sites for hydroxylation is 2. The van der Waals surface area contributed by atoms with Crippen LogP contribution in [0.25, 0.3) is 0 Å². The van der Waals surface area contributed by atoms with Crippen molar-refractivity contribution in [2.45, 2.75) is 25.3 Å². The average Bonchev–Trinajstić information content (AvgIpc) is 2.70. The van der Waals surface area contributed by atoms with Gasteiger partial charge < -0.3 is 9.88 Å². The topological polar surface area (TPSA) is 76.0 Å². The summed E-state index contributed by atoms with van der Waals surface area (Å²) in [6.45, 7) is 6.30. The second kappa shape index (κ2) is 5.60. The van der Waals surface area contributed by atoms with Crippen molar-refractivity contribution in [1.82, 2.24) is 19.6 Å². The summed E-state index contributed by atoms with van der Waals surface area (Å²) in [6, 6.07) is 0. The first-order valence-corrected chi connectivity index (χ1v) is 8.09. The minimum Gasteiger partial charge on any atom is -0.337 e. The first-order chi connectivity index (χ1) is 8.90. The highest BCUT2D eigenvalue weighted by Crippen LogP contribution is 2.18. The Morgan fingerprint density at radius 1 is 1.58 bits per heavy atom. The summed E-state index contributed by atoms with van der Waals surface area (Å²) in [5.74, 6) is 1.57. The fourth-order valence-electron chi connectivity index (χ4n) is 2.27. The van der Waals surface area contributed by atoms with Crippen LogP contribution in [0.3, 0.4) is 0 Å². The van der Waals surface area contributed by atoms with Crippen LogP contribution in [0.5, 0.6) is 0 Å². The molecule has 1 saturated heterocycles. The number of nitrogens with one attached hydrogen (secondary N) is 2. The van der Waals surface area contributed by atoms with E-state index >= 15 is 0 Å². The third-order valence-corrected chi connectivity index (χ3v) is 5.18. The van der Waals surface area contributed by atoms with Crippen molar-refractivity contribution >= 4 is 10.0 Å². The van der Waals surface area contributed by atoms with Crippen LogP contribution in [-0.4, -0.2) is 37.6 Å². The minimum absolute atomic E-state index is 0.101. The Balaban J connectivity index is 2.01. The van der Waals surface area contributed by atoms with E-state index in [4.69, 9.17) is 0 Å². The maximum atomic E-state index is 12.1. The van der Waals surface area contributed by atoms with Crippen LogP contribution in [0.4, 0.5) is 0 Å². The molecule has 1 aromatic heterocycles. The van der Waals surface area contributed by atoms with E-state index in [9.17, 15) is 8.42 Å². The quantitative estimate of drug-likeness (QED) is 0.832. The largest absolute Gasteiger partial charge is 0.337 e. The summed E-state index contributed by atoms with van der Waals surface area (Å²) in [7, 11) is -1.71. The number of aromatic nitrogens is 2. The minimum atomic E-state index is -3.49. The van der Waals surface area contributed by atoms with Crippen LogP contribution in [0, 0.1) is 18.8 Å². The van der Waals surface area contributed by atoms with E-state index in [1.54, 1.807) is 24.7 Å². The average molecular weight is 286 g/mol. The monoisotopic (exact) mass is 286 g/mol.